The van der Waals surface area contributed by atoms with E-state index in [-0.39, 0.29) is 21.7 Å². The van der Waals surface area contributed by atoms with Crippen LogP contribution in [-0.2, 0) is 9.59 Å². The minimum absolute atomic E-state index is 0.0126. The van der Waals surface area contributed by atoms with Gasteiger partial charge in [0.15, 0.2) is 11.5 Å². The van der Waals surface area contributed by atoms with Gasteiger partial charge in [-0.05, 0) is 74.0 Å². The van der Waals surface area contributed by atoms with Gasteiger partial charge in [-0.25, -0.2) is 4.39 Å². The molecule has 1 saturated heterocycles. The van der Waals surface area contributed by atoms with Gasteiger partial charge in [0.1, 0.15) is 12.4 Å². The number of hydrogen-bond donors (Lipinski definition) is 1. The highest BCUT2D eigenvalue weighted by molar-refractivity contribution is 8.18. The number of thioether (sulfide) groups is 1. The van der Waals surface area contributed by atoms with Crippen LogP contribution in [0.4, 0.5) is 14.9 Å². The number of hydrogen-bond acceptors (Lipinski definition) is 6. The predicted octanol–water partition coefficient (Wildman–Crippen LogP) is 5.73. The van der Waals surface area contributed by atoms with Crippen molar-refractivity contribution < 1.29 is 28.2 Å². The second-order valence-corrected chi connectivity index (χ2v) is 8.82. The van der Waals surface area contributed by atoms with Crippen LogP contribution in [0.3, 0.4) is 0 Å². The van der Waals surface area contributed by atoms with Crippen LogP contribution in [0.15, 0.2) is 41.3 Å². The van der Waals surface area contributed by atoms with Crippen molar-refractivity contribution in [3.05, 3.63) is 57.7 Å². The Balaban J connectivity index is 1.72. The molecule has 1 aliphatic rings. The molecule has 0 spiro atoms. The van der Waals surface area contributed by atoms with E-state index < -0.39 is 29.4 Å². The van der Waals surface area contributed by atoms with Crippen molar-refractivity contribution in [1.82, 2.24) is 4.90 Å². The first-order valence-electron chi connectivity index (χ1n) is 10.7. The molecule has 180 valence electrons. The molecule has 0 unspecified atom stereocenters. The summed E-state index contributed by atoms with van der Waals surface area (Å²) in [4.78, 5) is 38.5. The number of amides is 3. The Kier molecular flexibility index (Phi) is 8.57. The highest BCUT2D eigenvalue weighted by Crippen LogP contribution is 2.35. The fourth-order valence-electron chi connectivity index (χ4n) is 2.99. The van der Waals surface area contributed by atoms with Gasteiger partial charge in [-0.15, -0.1) is 0 Å². The van der Waals surface area contributed by atoms with Gasteiger partial charge in [-0.1, -0.05) is 24.6 Å². The Labute approximate surface area is 206 Å². The lowest BCUT2D eigenvalue weighted by Crippen LogP contribution is -2.36. The van der Waals surface area contributed by atoms with Crippen molar-refractivity contribution in [3.63, 3.8) is 0 Å². The maximum atomic E-state index is 13.3. The second kappa shape index (κ2) is 11.4. The maximum absolute atomic E-state index is 13.3. The number of halogens is 2. The third-order valence-electron chi connectivity index (χ3n) is 4.85. The summed E-state index contributed by atoms with van der Waals surface area (Å²) in [5.74, 6) is -0.688. The molecule has 1 N–H and O–H groups in total. The molecule has 0 saturated carbocycles. The number of ether oxygens (including phenoxy) is 2. The Hall–Kier alpha value is -3.04. The van der Waals surface area contributed by atoms with Crippen LogP contribution in [0.2, 0.25) is 5.02 Å². The summed E-state index contributed by atoms with van der Waals surface area (Å²) in [5.41, 5.74) is 0.901. The van der Waals surface area contributed by atoms with E-state index in [0.29, 0.717) is 23.7 Å². The van der Waals surface area contributed by atoms with Crippen molar-refractivity contribution in [1.29, 1.82) is 0 Å². The van der Waals surface area contributed by atoms with Crippen molar-refractivity contribution in [3.8, 4) is 11.5 Å². The average Bonchev–Trinajstić information content (AvgIpc) is 3.05. The molecule has 1 atom stereocenters. The average molecular weight is 507 g/mol. The summed E-state index contributed by atoms with van der Waals surface area (Å²) < 4.78 is 24.8. The van der Waals surface area contributed by atoms with Crippen LogP contribution in [-0.4, -0.2) is 41.2 Å². The molecule has 1 fully saturated rings. The lowest BCUT2D eigenvalue weighted by molar-refractivity contribution is -0.127. The molecule has 3 amide bonds. The minimum Gasteiger partial charge on any atom is -0.490 e. The van der Waals surface area contributed by atoms with E-state index in [0.717, 1.165) is 29.1 Å². The molecular weight excluding hydrogens is 483 g/mol. The van der Waals surface area contributed by atoms with Gasteiger partial charge >= 0.3 is 0 Å². The molecular formula is C24H24ClFN2O5S. The van der Waals surface area contributed by atoms with E-state index in [2.05, 4.69) is 5.32 Å². The van der Waals surface area contributed by atoms with E-state index in [4.69, 9.17) is 21.1 Å². The van der Waals surface area contributed by atoms with Crippen LogP contribution < -0.4 is 14.8 Å². The van der Waals surface area contributed by atoms with Crippen LogP contribution in [0.1, 0.15) is 32.8 Å². The zero-order valence-corrected chi connectivity index (χ0v) is 20.5. The van der Waals surface area contributed by atoms with Gasteiger partial charge in [0.25, 0.3) is 11.1 Å². The molecule has 0 bridgehead atoms. The zero-order valence-electron chi connectivity index (χ0n) is 18.9. The number of benzene rings is 2. The number of rotatable bonds is 9. The summed E-state index contributed by atoms with van der Waals surface area (Å²) in [5, 5.41) is 1.78. The monoisotopic (exact) mass is 506 g/mol. The molecule has 3 rings (SSSR count). The number of nitrogens with one attached hydrogen (secondary N) is 1. The highest BCUT2D eigenvalue weighted by Gasteiger charge is 2.36. The van der Waals surface area contributed by atoms with E-state index in [1.807, 2.05) is 20.8 Å². The normalized spacial score (nSPS) is 15.6. The van der Waals surface area contributed by atoms with Gasteiger partial charge < -0.3 is 14.8 Å². The molecule has 7 nitrogen and oxygen atoms in total. The summed E-state index contributed by atoms with van der Waals surface area (Å²) in [6.45, 7) is 5.79. The fraction of sp³-hybridized carbons (Fsp3) is 0.292. The standard InChI is InChI=1S/C24H24ClFN2O5S/c1-4-14(3)33-19-9-6-15(10-20(19)32-5-2)11-21-23(30)28(24(31)34-21)13-22(29)27-16-7-8-18(26)17(25)12-16/h6-12,14H,4-5,13H2,1-3H3,(H,27,29)/b21-11+/t14-/m1/s1. The third-order valence-corrected chi connectivity index (χ3v) is 6.04. The summed E-state index contributed by atoms with van der Waals surface area (Å²) in [7, 11) is 0. The Morgan fingerprint density at radius 1 is 1.21 bits per heavy atom. The summed E-state index contributed by atoms with van der Waals surface area (Å²) in [6, 6.07) is 8.94. The largest absolute Gasteiger partial charge is 0.490 e. The van der Waals surface area contributed by atoms with Crippen LogP contribution in [0.25, 0.3) is 6.08 Å². The molecule has 10 heteroatoms. The zero-order chi connectivity index (χ0) is 24.8. The Bertz CT molecular complexity index is 1140. The van der Waals surface area contributed by atoms with Gasteiger partial charge in [0, 0.05) is 5.69 Å². The lowest BCUT2D eigenvalue weighted by Gasteiger charge is -2.16. The fourth-order valence-corrected chi connectivity index (χ4v) is 4.00. The second-order valence-electron chi connectivity index (χ2n) is 7.42. The molecule has 34 heavy (non-hydrogen) atoms. The van der Waals surface area contributed by atoms with Gasteiger partial charge in [0.2, 0.25) is 5.91 Å². The molecule has 2 aromatic rings. The van der Waals surface area contributed by atoms with Gasteiger partial charge in [-0.2, -0.15) is 0 Å². The summed E-state index contributed by atoms with van der Waals surface area (Å²) >= 11 is 6.45. The van der Waals surface area contributed by atoms with Crippen LogP contribution in [0.5, 0.6) is 11.5 Å². The molecule has 2 aromatic carbocycles. The number of nitrogens with zero attached hydrogens (tertiary/aromatic N) is 1. The quantitative estimate of drug-likeness (QED) is 0.437. The highest BCUT2D eigenvalue weighted by atomic mass is 35.5. The minimum atomic E-state index is -0.622. The smallest absolute Gasteiger partial charge is 0.294 e. The molecule has 0 aliphatic carbocycles. The Morgan fingerprint density at radius 3 is 2.65 bits per heavy atom. The first-order valence-corrected chi connectivity index (χ1v) is 11.8. The first kappa shape index (κ1) is 25.6. The van der Waals surface area contributed by atoms with E-state index in [1.54, 1.807) is 24.3 Å². The van der Waals surface area contributed by atoms with E-state index >= 15 is 0 Å². The topological polar surface area (TPSA) is 84.9 Å². The van der Waals surface area contributed by atoms with Gasteiger partial charge in [0.05, 0.1) is 22.6 Å². The van der Waals surface area contributed by atoms with Crippen molar-refractivity contribution >= 4 is 52.2 Å². The SMILES string of the molecule is CCOc1cc(/C=C2/SC(=O)N(CC(=O)Nc3ccc(F)c(Cl)c3)C2=O)ccc1O[C@H](C)CC. The maximum Gasteiger partial charge on any atom is 0.294 e. The molecule has 1 aliphatic heterocycles. The van der Waals surface area contributed by atoms with E-state index in [9.17, 15) is 18.8 Å². The van der Waals surface area contributed by atoms with E-state index in [1.165, 1.54) is 12.1 Å². The van der Waals surface area contributed by atoms with Crippen molar-refractivity contribution in [2.75, 3.05) is 18.5 Å². The van der Waals surface area contributed by atoms with Crippen LogP contribution in [0, 0.1) is 5.82 Å². The van der Waals surface area contributed by atoms with Crippen molar-refractivity contribution in [2.24, 2.45) is 0 Å². The van der Waals surface area contributed by atoms with Crippen molar-refractivity contribution in [2.45, 2.75) is 33.3 Å². The predicted molar refractivity (Wildman–Crippen MR) is 131 cm³/mol. The Morgan fingerprint density at radius 2 is 1.97 bits per heavy atom. The first-order chi connectivity index (χ1) is 16.2. The number of carbonyl (C=O) groups excluding carboxylic acids is 3. The number of carbonyl (C=O) groups is 3. The number of imide groups is 1. The van der Waals surface area contributed by atoms with Crippen LogP contribution >= 0.6 is 23.4 Å². The number of anilines is 1. The third kappa shape index (κ3) is 6.30. The van der Waals surface area contributed by atoms with Gasteiger partial charge in [-0.3, -0.25) is 19.3 Å². The molecule has 0 radical (unpaired) electrons. The molecule has 0 aromatic heterocycles. The summed E-state index contributed by atoms with van der Waals surface area (Å²) in [6.07, 6.45) is 2.42. The molecule has 1 heterocycles. The lowest BCUT2D eigenvalue weighted by atomic mass is 10.1.